The van der Waals surface area contributed by atoms with Gasteiger partial charge in [0, 0.05) is 27.2 Å². The van der Waals surface area contributed by atoms with Crippen LogP contribution < -0.4 is 0 Å². The fourth-order valence-electron chi connectivity index (χ4n) is 2.62. The number of rotatable bonds is 14. The summed E-state index contributed by atoms with van der Waals surface area (Å²) in [6.45, 7) is 4.81. The van der Waals surface area contributed by atoms with Gasteiger partial charge in [-0.25, -0.2) is 0 Å². The zero-order chi connectivity index (χ0) is 16.0. The van der Waals surface area contributed by atoms with Gasteiger partial charge >= 0.3 is 0 Å². The Bertz CT molecular complexity index is 241. The minimum atomic E-state index is -0.968. The molecule has 4 heteroatoms. The maximum Gasteiger partial charge on any atom is 0.285 e. The second-order valence-electron chi connectivity index (χ2n) is 5.24. The van der Waals surface area contributed by atoms with Gasteiger partial charge in [0.2, 0.25) is 0 Å². The van der Waals surface area contributed by atoms with Crippen LogP contribution in [-0.2, 0) is 18.9 Å². The van der Waals surface area contributed by atoms with Crippen molar-refractivity contribution in [1.82, 2.24) is 0 Å². The van der Waals surface area contributed by atoms with Gasteiger partial charge in [-0.2, -0.15) is 0 Å². The van der Waals surface area contributed by atoms with E-state index in [1.54, 1.807) is 27.6 Å². The molecule has 0 radical (unpaired) electrons. The maximum absolute atomic E-state index is 5.52. The minimum Gasteiger partial charge on any atom is -0.502 e. The molecule has 126 valence electrons. The third-order valence-electron chi connectivity index (χ3n) is 3.83. The van der Waals surface area contributed by atoms with Crippen molar-refractivity contribution < 1.29 is 18.9 Å². The van der Waals surface area contributed by atoms with E-state index in [4.69, 9.17) is 18.9 Å². The Morgan fingerprint density at radius 2 is 1.52 bits per heavy atom. The van der Waals surface area contributed by atoms with Crippen molar-refractivity contribution >= 4 is 0 Å². The lowest BCUT2D eigenvalue weighted by atomic mass is 9.94. The predicted octanol–water partition coefficient (Wildman–Crippen LogP) is 4.50. The minimum absolute atomic E-state index is 0.157. The van der Waals surface area contributed by atoms with Crippen LogP contribution in [0.2, 0.25) is 0 Å². The van der Waals surface area contributed by atoms with Crippen molar-refractivity contribution in [2.24, 2.45) is 5.92 Å². The molecular weight excluding hydrogens is 268 g/mol. The Hall–Kier alpha value is -0.580. The Balaban J connectivity index is 4.44. The molecule has 0 bridgehead atoms. The van der Waals surface area contributed by atoms with Crippen LogP contribution in [0.15, 0.2) is 12.3 Å². The van der Waals surface area contributed by atoms with Crippen molar-refractivity contribution in [2.45, 2.75) is 64.8 Å². The molecule has 0 saturated heterocycles. The first-order chi connectivity index (χ1) is 10.2. The van der Waals surface area contributed by atoms with Crippen LogP contribution in [0.25, 0.3) is 0 Å². The van der Waals surface area contributed by atoms with E-state index in [1.807, 2.05) is 13.0 Å². The lowest BCUT2D eigenvalue weighted by Crippen LogP contribution is -2.44. The van der Waals surface area contributed by atoms with Crippen molar-refractivity contribution in [3.05, 3.63) is 12.3 Å². The molecule has 0 rings (SSSR count). The number of hydrogen-bond donors (Lipinski definition) is 0. The van der Waals surface area contributed by atoms with Gasteiger partial charge in [0.05, 0.1) is 12.9 Å². The van der Waals surface area contributed by atoms with Gasteiger partial charge in [0.25, 0.3) is 5.97 Å². The van der Waals surface area contributed by atoms with Crippen LogP contribution in [0.1, 0.15) is 58.8 Å². The quantitative estimate of drug-likeness (QED) is 0.269. The van der Waals surface area contributed by atoms with Crippen LogP contribution >= 0.6 is 0 Å². The first-order valence-corrected chi connectivity index (χ1v) is 8.08. The summed E-state index contributed by atoms with van der Waals surface area (Å²) in [5, 5.41) is 0. The van der Waals surface area contributed by atoms with Gasteiger partial charge in [-0.1, -0.05) is 45.1 Å². The Kier molecular flexibility index (Phi) is 12.7. The second-order valence-corrected chi connectivity index (χ2v) is 5.24. The Morgan fingerprint density at radius 1 is 0.905 bits per heavy atom. The topological polar surface area (TPSA) is 36.9 Å². The highest BCUT2D eigenvalue weighted by atomic mass is 16.9. The molecule has 0 saturated carbocycles. The molecule has 0 aromatic carbocycles. The second kappa shape index (κ2) is 13.1. The van der Waals surface area contributed by atoms with Crippen molar-refractivity contribution in [3.63, 3.8) is 0 Å². The molecule has 0 aliphatic carbocycles. The van der Waals surface area contributed by atoms with E-state index in [0.717, 1.165) is 19.3 Å². The lowest BCUT2D eigenvalue weighted by molar-refractivity contribution is -0.380. The molecule has 21 heavy (non-hydrogen) atoms. The van der Waals surface area contributed by atoms with Crippen LogP contribution in [0.3, 0.4) is 0 Å². The molecule has 0 amide bonds. The number of methoxy groups -OCH3 is 3. The third kappa shape index (κ3) is 7.84. The first-order valence-electron chi connectivity index (χ1n) is 8.08. The number of allylic oxidation sites excluding steroid dienone is 1. The van der Waals surface area contributed by atoms with E-state index in [1.165, 1.54) is 25.7 Å². The standard InChI is InChI=1S/C17H34O4/c1-6-8-9-10-11-12-16(13-15-21-14-7-2)17(18-3,19-4)20-5/h7,14,16H,6,8-13,15H2,1-5H3. The average molecular weight is 302 g/mol. The smallest absolute Gasteiger partial charge is 0.285 e. The molecule has 0 aliphatic rings. The summed E-state index contributed by atoms with van der Waals surface area (Å²) < 4.78 is 22.0. The summed E-state index contributed by atoms with van der Waals surface area (Å²) >= 11 is 0. The number of ether oxygens (including phenoxy) is 4. The third-order valence-corrected chi connectivity index (χ3v) is 3.83. The Morgan fingerprint density at radius 3 is 2.05 bits per heavy atom. The van der Waals surface area contributed by atoms with E-state index in [2.05, 4.69) is 6.92 Å². The molecule has 0 fully saturated rings. The SMILES string of the molecule is CC=COCCC(CCCCCCC)C(OC)(OC)OC. The molecule has 1 unspecified atom stereocenters. The monoisotopic (exact) mass is 302 g/mol. The maximum atomic E-state index is 5.52. The van der Waals surface area contributed by atoms with Gasteiger partial charge in [-0.3, -0.25) is 0 Å². The molecule has 0 spiro atoms. The highest BCUT2D eigenvalue weighted by molar-refractivity contribution is 4.73. The predicted molar refractivity (Wildman–Crippen MR) is 86.0 cm³/mol. The average Bonchev–Trinajstić information content (AvgIpc) is 2.52. The molecule has 0 aliphatic heterocycles. The van der Waals surface area contributed by atoms with E-state index in [0.29, 0.717) is 6.61 Å². The molecule has 0 N–H and O–H groups in total. The summed E-state index contributed by atoms with van der Waals surface area (Å²) in [4.78, 5) is 0. The summed E-state index contributed by atoms with van der Waals surface area (Å²) in [6, 6.07) is 0. The summed E-state index contributed by atoms with van der Waals surface area (Å²) in [6.07, 6.45) is 11.7. The largest absolute Gasteiger partial charge is 0.502 e. The molecule has 1 atom stereocenters. The normalized spacial score (nSPS) is 13.8. The first kappa shape index (κ1) is 20.4. The van der Waals surface area contributed by atoms with Crippen molar-refractivity contribution in [2.75, 3.05) is 27.9 Å². The van der Waals surface area contributed by atoms with Crippen LogP contribution in [0, 0.1) is 5.92 Å². The van der Waals surface area contributed by atoms with Gasteiger partial charge in [-0.05, 0) is 19.8 Å². The van der Waals surface area contributed by atoms with E-state index in [9.17, 15) is 0 Å². The van der Waals surface area contributed by atoms with Gasteiger partial charge in [0.1, 0.15) is 0 Å². The van der Waals surface area contributed by atoms with Gasteiger partial charge in [-0.15, -0.1) is 0 Å². The molecule has 4 nitrogen and oxygen atoms in total. The number of hydrogen-bond acceptors (Lipinski definition) is 4. The van der Waals surface area contributed by atoms with Crippen LogP contribution in [0.4, 0.5) is 0 Å². The van der Waals surface area contributed by atoms with Gasteiger partial charge in [0.15, 0.2) is 0 Å². The highest BCUT2D eigenvalue weighted by Crippen LogP contribution is 2.31. The van der Waals surface area contributed by atoms with E-state index >= 15 is 0 Å². The van der Waals surface area contributed by atoms with E-state index < -0.39 is 5.97 Å². The van der Waals surface area contributed by atoms with Crippen molar-refractivity contribution in [1.29, 1.82) is 0 Å². The zero-order valence-electron chi connectivity index (χ0n) is 14.5. The molecule has 0 aromatic rings. The highest BCUT2D eigenvalue weighted by Gasteiger charge is 2.39. The van der Waals surface area contributed by atoms with Gasteiger partial charge < -0.3 is 18.9 Å². The summed E-state index contributed by atoms with van der Waals surface area (Å²) in [5.74, 6) is -0.811. The molecule has 0 heterocycles. The zero-order valence-corrected chi connectivity index (χ0v) is 14.5. The fraction of sp³-hybridized carbons (Fsp3) is 0.882. The molecule has 0 aromatic heterocycles. The lowest BCUT2D eigenvalue weighted by Gasteiger charge is -2.36. The van der Waals surface area contributed by atoms with Crippen LogP contribution in [-0.4, -0.2) is 33.9 Å². The van der Waals surface area contributed by atoms with Crippen LogP contribution in [0.5, 0.6) is 0 Å². The van der Waals surface area contributed by atoms with Crippen molar-refractivity contribution in [3.8, 4) is 0 Å². The van der Waals surface area contributed by atoms with E-state index in [-0.39, 0.29) is 5.92 Å². The summed E-state index contributed by atoms with van der Waals surface area (Å²) in [5.41, 5.74) is 0. The Labute approximate surface area is 130 Å². The fourth-order valence-corrected chi connectivity index (χ4v) is 2.62. The summed E-state index contributed by atoms with van der Waals surface area (Å²) in [7, 11) is 4.89. The molecular formula is C17H34O4. The number of unbranched alkanes of at least 4 members (excludes halogenated alkanes) is 4.